The minimum Gasteiger partial charge on any atom is -0.461 e. The summed E-state index contributed by atoms with van der Waals surface area (Å²) in [6.07, 6.45) is -9.95. The van der Waals surface area contributed by atoms with Gasteiger partial charge in [0.1, 0.15) is 5.71 Å². The average molecular weight is 409 g/mol. The number of ether oxygens (including phenoxy) is 1. The Bertz CT molecular complexity index is 854. The van der Waals surface area contributed by atoms with Crippen LogP contribution in [0.4, 0.5) is 32.0 Å². The topological polar surface area (TPSA) is 76.7 Å². The summed E-state index contributed by atoms with van der Waals surface area (Å²) in [5.74, 6) is -0.787. The highest BCUT2D eigenvalue weighted by Gasteiger charge is 2.37. The molecule has 0 radical (unpaired) electrons. The fourth-order valence-corrected chi connectivity index (χ4v) is 1.97. The molecule has 0 aliphatic rings. The number of esters is 1. The lowest BCUT2D eigenvalue weighted by Gasteiger charge is -2.14. The number of hydrogen-bond acceptors (Lipinski definition) is 6. The van der Waals surface area contributed by atoms with Crippen LogP contribution in [0.2, 0.25) is 0 Å². The number of hydrazone groups is 1. The van der Waals surface area contributed by atoms with E-state index in [1.54, 1.807) is 6.92 Å². The van der Waals surface area contributed by atoms with E-state index in [9.17, 15) is 31.1 Å². The molecule has 1 heterocycles. The van der Waals surface area contributed by atoms with Crippen molar-refractivity contribution >= 4 is 17.4 Å². The molecular weight excluding hydrogens is 396 g/mol. The molecule has 0 aliphatic carbocycles. The van der Waals surface area contributed by atoms with Crippen molar-refractivity contribution in [2.24, 2.45) is 5.10 Å². The zero-order chi connectivity index (χ0) is 21.1. The lowest BCUT2D eigenvalue weighted by Crippen LogP contribution is -2.11. The van der Waals surface area contributed by atoms with Gasteiger partial charge in [0.25, 0.3) is 0 Å². The molecule has 0 aliphatic heterocycles. The van der Waals surface area contributed by atoms with Crippen molar-refractivity contribution in [1.82, 2.24) is 5.16 Å². The number of benzene rings is 1. The Morgan fingerprint density at radius 2 is 1.68 bits per heavy atom. The van der Waals surface area contributed by atoms with Gasteiger partial charge in [-0.2, -0.15) is 31.4 Å². The van der Waals surface area contributed by atoms with E-state index in [0.717, 1.165) is 0 Å². The van der Waals surface area contributed by atoms with Gasteiger partial charge in [-0.25, -0.2) is 4.79 Å². The van der Waals surface area contributed by atoms with Crippen LogP contribution in [0.5, 0.6) is 0 Å². The highest BCUT2D eigenvalue weighted by atomic mass is 19.4. The summed E-state index contributed by atoms with van der Waals surface area (Å²) < 4.78 is 86.6. The molecule has 0 spiro atoms. The molecule has 0 amide bonds. The van der Waals surface area contributed by atoms with Crippen molar-refractivity contribution in [2.75, 3.05) is 12.0 Å². The second kappa shape index (κ2) is 7.90. The summed E-state index contributed by atoms with van der Waals surface area (Å²) in [6, 6.07) is 2.14. The second-order valence-corrected chi connectivity index (χ2v) is 5.40. The number of anilines is 1. The first-order valence-electron chi connectivity index (χ1n) is 7.65. The highest BCUT2D eigenvalue weighted by molar-refractivity contribution is 5.98. The average Bonchev–Trinajstić information content (AvgIpc) is 3.08. The Balaban J connectivity index is 2.28. The third-order valence-electron chi connectivity index (χ3n) is 3.29. The van der Waals surface area contributed by atoms with Crippen LogP contribution in [0.1, 0.15) is 41.2 Å². The summed E-state index contributed by atoms with van der Waals surface area (Å²) in [7, 11) is 0. The Morgan fingerprint density at radius 3 is 2.18 bits per heavy atom. The van der Waals surface area contributed by atoms with Gasteiger partial charge < -0.3 is 9.26 Å². The van der Waals surface area contributed by atoms with Crippen LogP contribution in [-0.4, -0.2) is 23.4 Å². The molecule has 0 unspecified atom stereocenters. The van der Waals surface area contributed by atoms with Gasteiger partial charge in [-0.3, -0.25) is 5.43 Å². The van der Waals surface area contributed by atoms with Crippen molar-refractivity contribution < 1.29 is 40.4 Å². The summed E-state index contributed by atoms with van der Waals surface area (Å²) in [5, 5.41) is 7.12. The fourth-order valence-electron chi connectivity index (χ4n) is 1.97. The van der Waals surface area contributed by atoms with Crippen LogP contribution in [0, 0.1) is 0 Å². The minimum atomic E-state index is -4.98. The SMILES string of the molecule is CCOC(=O)c1cc(/C(C)=N/Nc2cc(C(F)(F)F)cc(C(F)(F)F)c2)on1. The molecule has 6 nitrogen and oxygen atoms in total. The van der Waals surface area contributed by atoms with Gasteiger partial charge in [-0.05, 0) is 32.0 Å². The molecule has 0 fully saturated rings. The summed E-state index contributed by atoms with van der Waals surface area (Å²) >= 11 is 0. The lowest BCUT2D eigenvalue weighted by molar-refractivity contribution is -0.143. The predicted molar refractivity (Wildman–Crippen MR) is 84.7 cm³/mol. The van der Waals surface area contributed by atoms with Gasteiger partial charge in [0, 0.05) is 6.07 Å². The monoisotopic (exact) mass is 409 g/mol. The number of alkyl halides is 6. The van der Waals surface area contributed by atoms with Gasteiger partial charge in [-0.15, -0.1) is 0 Å². The standard InChI is InChI=1S/C16H13F6N3O3/c1-3-27-14(26)12-7-13(28-25-12)8(2)23-24-11-5-9(15(17,18)19)4-10(6-11)16(20,21)22/h4-7,24H,3H2,1-2H3/b23-8+. The molecule has 0 saturated carbocycles. The first-order chi connectivity index (χ1) is 12.9. The summed E-state index contributed by atoms with van der Waals surface area (Å²) in [5.41, 5.74) is -1.53. The molecule has 0 atom stereocenters. The number of nitrogens with one attached hydrogen (secondary N) is 1. The smallest absolute Gasteiger partial charge is 0.416 e. The molecule has 152 valence electrons. The molecule has 2 rings (SSSR count). The fraction of sp³-hybridized carbons (Fsp3) is 0.312. The zero-order valence-corrected chi connectivity index (χ0v) is 14.4. The second-order valence-electron chi connectivity index (χ2n) is 5.40. The molecule has 1 aromatic heterocycles. The van der Waals surface area contributed by atoms with Crippen molar-refractivity contribution in [1.29, 1.82) is 0 Å². The lowest BCUT2D eigenvalue weighted by atomic mass is 10.1. The van der Waals surface area contributed by atoms with E-state index in [2.05, 4.69) is 15.7 Å². The Morgan fingerprint density at radius 1 is 1.11 bits per heavy atom. The zero-order valence-electron chi connectivity index (χ0n) is 14.4. The van der Waals surface area contributed by atoms with Crippen molar-refractivity contribution in [3.05, 3.63) is 46.8 Å². The molecular formula is C16H13F6N3O3. The molecule has 12 heteroatoms. The first kappa shape index (κ1) is 21.3. The van der Waals surface area contributed by atoms with Crippen LogP contribution >= 0.6 is 0 Å². The number of nitrogens with zero attached hydrogens (tertiary/aromatic N) is 2. The quantitative estimate of drug-likeness (QED) is 0.335. The molecule has 0 saturated heterocycles. The van der Waals surface area contributed by atoms with E-state index < -0.39 is 35.1 Å². The van der Waals surface area contributed by atoms with E-state index in [4.69, 9.17) is 9.26 Å². The third kappa shape index (κ3) is 5.24. The molecule has 0 bridgehead atoms. The minimum absolute atomic E-state index is 0.00379. The highest BCUT2D eigenvalue weighted by Crippen LogP contribution is 2.37. The van der Waals surface area contributed by atoms with Gasteiger partial charge in [0.05, 0.1) is 23.4 Å². The summed E-state index contributed by atoms with van der Waals surface area (Å²) in [4.78, 5) is 11.5. The molecule has 28 heavy (non-hydrogen) atoms. The third-order valence-corrected chi connectivity index (χ3v) is 3.29. The van der Waals surface area contributed by atoms with E-state index in [-0.39, 0.29) is 29.8 Å². The molecule has 1 aromatic carbocycles. The predicted octanol–water partition coefficient (Wildman–Crippen LogP) is 4.73. The number of carbonyl (C=O) groups excluding carboxylic acids is 1. The number of carbonyl (C=O) groups is 1. The maximum absolute atomic E-state index is 12.8. The molecule has 1 N–H and O–H groups in total. The maximum atomic E-state index is 12.8. The van der Waals surface area contributed by atoms with E-state index in [0.29, 0.717) is 12.1 Å². The Kier molecular flexibility index (Phi) is 6.00. The van der Waals surface area contributed by atoms with E-state index in [1.165, 1.54) is 13.0 Å². The number of halogens is 6. The summed E-state index contributed by atoms with van der Waals surface area (Å²) in [6.45, 7) is 3.03. The first-order valence-corrected chi connectivity index (χ1v) is 7.65. The maximum Gasteiger partial charge on any atom is 0.416 e. The van der Waals surface area contributed by atoms with Crippen LogP contribution in [-0.2, 0) is 17.1 Å². The van der Waals surface area contributed by atoms with Crippen molar-refractivity contribution in [3.8, 4) is 0 Å². The number of rotatable bonds is 5. The van der Waals surface area contributed by atoms with E-state index in [1.807, 2.05) is 0 Å². The Labute approximate surface area is 154 Å². The van der Waals surface area contributed by atoms with Gasteiger partial charge in [0.15, 0.2) is 11.5 Å². The van der Waals surface area contributed by atoms with Crippen molar-refractivity contribution in [2.45, 2.75) is 26.2 Å². The Hall–Kier alpha value is -3.05. The van der Waals surface area contributed by atoms with Gasteiger partial charge in [-0.1, -0.05) is 5.16 Å². The van der Waals surface area contributed by atoms with Crippen LogP contribution < -0.4 is 5.43 Å². The largest absolute Gasteiger partial charge is 0.461 e. The van der Waals surface area contributed by atoms with Crippen LogP contribution in [0.15, 0.2) is 33.9 Å². The number of hydrogen-bond donors (Lipinski definition) is 1. The van der Waals surface area contributed by atoms with Crippen LogP contribution in [0.25, 0.3) is 0 Å². The van der Waals surface area contributed by atoms with Gasteiger partial charge >= 0.3 is 18.3 Å². The number of aromatic nitrogens is 1. The van der Waals surface area contributed by atoms with E-state index >= 15 is 0 Å². The van der Waals surface area contributed by atoms with Crippen LogP contribution in [0.3, 0.4) is 0 Å². The molecule has 2 aromatic rings. The van der Waals surface area contributed by atoms with Crippen molar-refractivity contribution in [3.63, 3.8) is 0 Å². The van der Waals surface area contributed by atoms with Gasteiger partial charge in [0.2, 0.25) is 0 Å². The normalized spacial score (nSPS) is 12.8.